The van der Waals surface area contributed by atoms with E-state index in [1.54, 1.807) is 16.8 Å². The molecule has 0 saturated carbocycles. The number of carbonyl (C=O) groups is 2. The van der Waals surface area contributed by atoms with E-state index >= 15 is 0 Å². The highest BCUT2D eigenvalue weighted by molar-refractivity contribution is 6.06. The normalized spacial score (nSPS) is 15.4. The molecule has 1 amide bonds. The van der Waals surface area contributed by atoms with E-state index in [2.05, 4.69) is 20.7 Å². The molecule has 3 N–H and O–H groups in total. The number of allylic oxidation sites excluding steroid dienone is 1. The van der Waals surface area contributed by atoms with Crippen LogP contribution in [-0.4, -0.2) is 31.7 Å². The maximum Gasteiger partial charge on any atom is 0.335 e. The lowest BCUT2D eigenvalue weighted by Crippen LogP contribution is -2.31. The number of fused-ring (bicyclic) bond motifs is 1. The highest BCUT2D eigenvalue weighted by Gasteiger charge is 2.33. The lowest BCUT2D eigenvalue weighted by Gasteiger charge is -2.29. The van der Waals surface area contributed by atoms with Gasteiger partial charge in [-0.1, -0.05) is 29.8 Å². The van der Waals surface area contributed by atoms with Gasteiger partial charge in [-0.05, 0) is 50.1 Å². The first-order valence-electron chi connectivity index (χ1n) is 9.44. The first kappa shape index (κ1) is 19.4. The van der Waals surface area contributed by atoms with Gasteiger partial charge in [0.2, 0.25) is 5.95 Å². The van der Waals surface area contributed by atoms with Crippen molar-refractivity contribution in [3.05, 3.63) is 82.3 Å². The number of hydrogen-bond acceptors (Lipinski definition) is 5. The van der Waals surface area contributed by atoms with Crippen LogP contribution in [-0.2, 0) is 4.79 Å². The molecule has 2 heterocycles. The summed E-state index contributed by atoms with van der Waals surface area (Å²) in [5.41, 5.74) is 4.86. The zero-order chi connectivity index (χ0) is 21.4. The molecule has 152 valence electrons. The van der Waals surface area contributed by atoms with Gasteiger partial charge >= 0.3 is 5.97 Å². The van der Waals surface area contributed by atoms with Gasteiger partial charge in [0, 0.05) is 11.4 Å². The summed E-state index contributed by atoms with van der Waals surface area (Å²) in [7, 11) is 0. The fourth-order valence-corrected chi connectivity index (χ4v) is 3.64. The van der Waals surface area contributed by atoms with Gasteiger partial charge in [-0.2, -0.15) is 10.1 Å². The Morgan fingerprint density at radius 2 is 1.83 bits per heavy atom. The average Bonchev–Trinajstić information content (AvgIpc) is 3.17. The summed E-state index contributed by atoms with van der Waals surface area (Å²) in [6, 6.07) is 11.7. The monoisotopic (exact) mass is 403 g/mol. The van der Waals surface area contributed by atoms with Gasteiger partial charge in [-0.15, -0.1) is 0 Å². The molecule has 1 aromatic heterocycles. The molecule has 0 radical (unpaired) electrons. The molecule has 0 bridgehead atoms. The molecule has 0 aliphatic carbocycles. The van der Waals surface area contributed by atoms with Crippen LogP contribution in [0.2, 0.25) is 0 Å². The molecule has 1 aliphatic rings. The SMILES string of the molecule is CC1=C(C(=O)Nc2ccc(C)cc2C)C(c2ccc(C(=O)O)cc2)n2ncnc2N1. The zero-order valence-corrected chi connectivity index (χ0v) is 16.8. The van der Waals surface area contributed by atoms with E-state index in [0.717, 1.165) is 22.4 Å². The summed E-state index contributed by atoms with van der Waals surface area (Å²) in [6.45, 7) is 5.76. The summed E-state index contributed by atoms with van der Waals surface area (Å²) in [4.78, 5) is 28.8. The first-order chi connectivity index (χ1) is 14.3. The van der Waals surface area contributed by atoms with Crippen LogP contribution >= 0.6 is 0 Å². The predicted molar refractivity (Wildman–Crippen MR) is 112 cm³/mol. The summed E-state index contributed by atoms with van der Waals surface area (Å²) in [6.07, 6.45) is 1.42. The summed E-state index contributed by atoms with van der Waals surface area (Å²) < 4.78 is 1.62. The number of carboxylic acid groups (broad SMARTS) is 1. The number of rotatable bonds is 4. The Morgan fingerprint density at radius 3 is 2.50 bits per heavy atom. The fraction of sp³-hybridized carbons (Fsp3) is 0.182. The number of hydrogen-bond donors (Lipinski definition) is 3. The van der Waals surface area contributed by atoms with E-state index < -0.39 is 12.0 Å². The van der Waals surface area contributed by atoms with Crippen molar-refractivity contribution in [1.82, 2.24) is 14.8 Å². The largest absolute Gasteiger partial charge is 0.478 e. The number of carbonyl (C=O) groups excluding carboxylic acids is 1. The van der Waals surface area contributed by atoms with Crippen LogP contribution in [0.3, 0.4) is 0 Å². The van der Waals surface area contributed by atoms with Crippen LogP contribution in [0, 0.1) is 13.8 Å². The second kappa shape index (κ2) is 7.47. The van der Waals surface area contributed by atoms with Gasteiger partial charge < -0.3 is 15.7 Å². The average molecular weight is 403 g/mol. The Hall–Kier alpha value is -3.94. The van der Waals surface area contributed by atoms with E-state index in [1.165, 1.54) is 18.5 Å². The van der Waals surface area contributed by atoms with E-state index in [4.69, 9.17) is 0 Å². The highest BCUT2D eigenvalue weighted by Crippen LogP contribution is 2.35. The molecule has 1 unspecified atom stereocenters. The minimum absolute atomic E-state index is 0.175. The Bertz CT molecular complexity index is 1180. The summed E-state index contributed by atoms with van der Waals surface area (Å²) in [5, 5.41) is 19.6. The van der Waals surface area contributed by atoms with Gasteiger partial charge in [0.1, 0.15) is 12.4 Å². The van der Waals surface area contributed by atoms with Crippen molar-refractivity contribution in [1.29, 1.82) is 0 Å². The molecular formula is C22H21N5O3. The van der Waals surface area contributed by atoms with E-state index in [1.807, 2.05) is 39.0 Å². The molecule has 8 nitrogen and oxygen atoms in total. The van der Waals surface area contributed by atoms with Crippen LogP contribution in [0.4, 0.5) is 11.6 Å². The number of aromatic nitrogens is 3. The number of nitrogens with zero attached hydrogens (tertiary/aromatic N) is 3. The van der Waals surface area contributed by atoms with Crippen LogP contribution in [0.15, 0.2) is 60.1 Å². The number of nitrogens with one attached hydrogen (secondary N) is 2. The predicted octanol–water partition coefficient (Wildman–Crippen LogP) is 3.52. The Morgan fingerprint density at radius 1 is 1.10 bits per heavy atom. The van der Waals surface area contributed by atoms with Gasteiger partial charge in [0.05, 0.1) is 11.1 Å². The third-order valence-electron chi connectivity index (χ3n) is 5.14. The molecule has 4 rings (SSSR count). The van der Waals surface area contributed by atoms with Crippen LogP contribution in [0.5, 0.6) is 0 Å². The Labute approximate surface area is 173 Å². The second-order valence-corrected chi connectivity index (χ2v) is 7.29. The van der Waals surface area contributed by atoms with Crippen molar-refractivity contribution in [2.45, 2.75) is 26.8 Å². The number of anilines is 2. The minimum Gasteiger partial charge on any atom is -0.478 e. The molecule has 0 saturated heterocycles. The Kier molecular flexibility index (Phi) is 4.83. The quantitative estimate of drug-likeness (QED) is 0.615. The van der Waals surface area contributed by atoms with Gasteiger partial charge in [-0.25, -0.2) is 9.48 Å². The molecular weight excluding hydrogens is 382 g/mol. The molecule has 3 aromatic rings. The topological polar surface area (TPSA) is 109 Å². The van der Waals surface area contributed by atoms with Crippen molar-refractivity contribution in [2.24, 2.45) is 0 Å². The first-order valence-corrected chi connectivity index (χ1v) is 9.44. The van der Waals surface area contributed by atoms with E-state index in [9.17, 15) is 14.7 Å². The van der Waals surface area contributed by atoms with Gasteiger partial charge in [-0.3, -0.25) is 4.79 Å². The van der Waals surface area contributed by atoms with Crippen LogP contribution < -0.4 is 10.6 Å². The smallest absolute Gasteiger partial charge is 0.335 e. The fourth-order valence-electron chi connectivity index (χ4n) is 3.64. The number of aryl methyl sites for hydroxylation is 2. The van der Waals surface area contributed by atoms with Crippen molar-refractivity contribution in [2.75, 3.05) is 10.6 Å². The van der Waals surface area contributed by atoms with Crippen molar-refractivity contribution >= 4 is 23.5 Å². The standard InChI is InChI=1S/C22H21N5O3/c1-12-4-9-17(13(2)10-12)26-20(28)18-14(3)25-22-23-11-24-27(22)19(18)15-5-7-16(8-6-15)21(29)30/h4-11,19H,1-3H3,(H,26,28)(H,29,30)(H,23,24,25). The molecule has 0 fully saturated rings. The maximum atomic E-state index is 13.3. The van der Waals surface area contributed by atoms with Gasteiger partial charge in [0.25, 0.3) is 5.91 Å². The third kappa shape index (κ3) is 3.43. The highest BCUT2D eigenvalue weighted by atomic mass is 16.4. The van der Waals surface area contributed by atoms with Crippen LogP contribution in [0.1, 0.15) is 40.0 Å². The van der Waals surface area contributed by atoms with Crippen LogP contribution in [0.25, 0.3) is 0 Å². The lowest BCUT2D eigenvalue weighted by atomic mass is 9.94. The third-order valence-corrected chi connectivity index (χ3v) is 5.14. The van der Waals surface area contributed by atoms with Crippen molar-refractivity contribution in [3.8, 4) is 0 Å². The number of amides is 1. The summed E-state index contributed by atoms with van der Waals surface area (Å²) >= 11 is 0. The second-order valence-electron chi connectivity index (χ2n) is 7.29. The molecule has 0 spiro atoms. The molecule has 30 heavy (non-hydrogen) atoms. The minimum atomic E-state index is -1.01. The molecule has 1 aliphatic heterocycles. The maximum absolute atomic E-state index is 13.3. The van der Waals surface area contributed by atoms with Crippen molar-refractivity contribution < 1.29 is 14.7 Å². The van der Waals surface area contributed by atoms with E-state index in [-0.39, 0.29) is 11.5 Å². The van der Waals surface area contributed by atoms with E-state index in [0.29, 0.717) is 17.2 Å². The van der Waals surface area contributed by atoms with Gasteiger partial charge in [0.15, 0.2) is 0 Å². The summed E-state index contributed by atoms with van der Waals surface area (Å²) in [5.74, 6) is -0.754. The molecule has 1 atom stereocenters. The molecule has 8 heteroatoms. The Balaban J connectivity index is 1.75. The number of carboxylic acids is 1. The number of benzene rings is 2. The lowest BCUT2D eigenvalue weighted by molar-refractivity contribution is -0.113. The van der Waals surface area contributed by atoms with Crippen molar-refractivity contribution in [3.63, 3.8) is 0 Å². The number of aromatic carboxylic acids is 1. The molecule has 2 aromatic carbocycles. The zero-order valence-electron chi connectivity index (χ0n) is 16.8.